The Kier molecular flexibility index (Phi) is 3.39. The minimum absolute atomic E-state index is 0.715. The lowest BCUT2D eigenvalue weighted by Crippen LogP contribution is -2.18. The van der Waals surface area contributed by atoms with E-state index in [2.05, 4.69) is 48.8 Å². The third-order valence-electron chi connectivity index (χ3n) is 2.43. The molecule has 1 N–H and O–H groups in total. The van der Waals surface area contributed by atoms with Gasteiger partial charge in [0.15, 0.2) is 0 Å². The lowest BCUT2D eigenvalue weighted by Gasteiger charge is -2.08. The summed E-state index contributed by atoms with van der Waals surface area (Å²) >= 11 is 1.83. The molecule has 0 unspecified atom stereocenters. The Hall–Kier alpha value is -0.860. The maximum atomic E-state index is 3.49. The SMILES string of the molecule is CC(C)CNCc1cccc2ccsc12. The second kappa shape index (κ2) is 4.77. The summed E-state index contributed by atoms with van der Waals surface area (Å²) in [5.74, 6) is 0.715. The Balaban J connectivity index is 2.10. The summed E-state index contributed by atoms with van der Waals surface area (Å²) in [5, 5.41) is 7.02. The summed E-state index contributed by atoms with van der Waals surface area (Å²) in [4.78, 5) is 0. The van der Waals surface area contributed by atoms with Gasteiger partial charge in [-0.2, -0.15) is 0 Å². The van der Waals surface area contributed by atoms with Gasteiger partial charge in [-0.15, -0.1) is 11.3 Å². The van der Waals surface area contributed by atoms with Crippen LogP contribution < -0.4 is 5.32 Å². The Morgan fingerprint density at radius 3 is 2.93 bits per heavy atom. The first-order chi connectivity index (χ1) is 7.27. The van der Waals surface area contributed by atoms with Gasteiger partial charge in [0.05, 0.1) is 0 Å². The summed E-state index contributed by atoms with van der Waals surface area (Å²) in [5.41, 5.74) is 1.42. The fourth-order valence-electron chi connectivity index (χ4n) is 1.69. The van der Waals surface area contributed by atoms with E-state index >= 15 is 0 Å². The normalized spacial score (nSPS) is 11.4. The lowest BCUT2D eigenvalue weighted by molar-refractivity contribution is 0.553. The van der Waals surface area contributed by atoms with E-state index in [1.807, 2.05) is 11.3 Å². The summed E-state index contributed by atoms with van der Waals surface area (Å²) in [6, 6.07) is 8.72. The van der Waals surface area contributed by atoms with E-state index in [0.29, 0.717) is 5.92 Å². The fourth-order valence-corrected chi connectivity index (χ4v) is 2.60. The van der Waals surface area contributed by atoms with Crippen LogP contribution >= 0.6 is 11.3 Å². The first kappa shape index (κ1) is 10.7. The Morgan fingerprint density at radius 1 is 1.27 bits per heavy atom. The second-order valence-electron chi connectivity index (χ2n) is 4.28. The van der Waals surface area contributed by atoms with Gasteiger partial charge >= 0.3 is 0 Å². The average Bonchev–Trinajstić information content (AvgIpc) is 2.65. The van der Waals surface area contributed by atoms with Gasteiger partial charge < -0.3 is 5.32 Å². The number of benzene rings is 1. The molecular weight excluding hydrogens is 202 g/mol. The van der Waals surface area contributed by atoms with Gasteiger partial charge in [-0.25, -0.2) is 0 Å². The molecule has 0 saturated carbocycles. The van der Waals surface area contributed by atoms with Crippen LogP contribution in [0.25, 0.3) is 10.1 Å². The molecule has 2 rings (SSSR count). The lowest BCUT2D eigenvalue weighted by atomic mass is 10.1. The minimum Gasteiger partial charge on any atom is -0.312 e. The van der Waals surface area contributed by atoms with Crippen LogP contribution in [0, 0.1) is 5.92 Å². The summed E-state index contributed by atoms with van der Waals surface area (Å²) < 4.78 is 1.42. The van der Waals surface area contributed by atoms with Crippen molar-refractivity contribution in [1.29, 1.82) is 0 Å². The maximum Gasteiger partial charge on any atom is 0.0387 e. The molecule has 1 heterocycles. The number of nitrogens with one attached hydrogen (secondary N) is 1. The van der Waals surface area contributed by atoms with Crippen molar-refractivity contribution in [2.24, 2.45) is 5.92 Å². The van der Waals surface area contributed by atoms with Gasteiger partial charge in [0, 0.05) is 11.2 Å². The first-order valence-corrected chi connectivity index (χ1v) is 6.31. The van der Waals surface area contributed by atoms with E-state index in [-0.39, 0.29) is 0 Å². The predicted molar refractivity (Wildman–Crippen MR) is 68.4 cm³/mol. The van der Waals surface area contributed by atoms with Crippen LogP contribution in [0.2, 0.25) is 0 Å². The van der Waals surface area contributed by atoms with Crippen molar-refractivity contribution in [3.05, 3.63) is 35.2 Å². The molecule has 80 valence electrons. The van der Waals surface area contributed by atoms with E-state index in [4.69, 9.17) is 0 Å². The zero-order valence-corrected chi connectivity index (χ0v) is 10.1. The van der Waals surface area contributed by atoms with Gasteiger partial charge in [-0.1, -0.05) is 32.0 Å². The number of hydrogen-bond donors (Lipinski definition) is 1. The van der Waals surface area contributed by atoms with E-state index < -0.39 is 0 Å². The third kappa shape index (κ3) is 2.58. The summed E-state index contributed by atoms with van der Waals surface area (Å²) in [6.45, 7) is 6.54. The molecule has 1 nitrogen and oxygen atoms in total. The number of thiophene rings is 1. The molecular formula is C13H17NS. The van der Waals surface area contributed by atoms with Crippen LogP contribution in [0.3, 0.4) is 0 Å². The van der Waals surface area contributed by atoms with E-state index in [1.165, 1.54) is 15.6 Å². The summed E-state index contributed by atoms with van der Waals surface area (Å²) in [7, 11) is 0. The van der Waals surface area contributed by atoms with Crippen LogP contribution in [-0.2, 0) is 6.54 Å². The fraction of sp³-hybridized carbons (Fsp3) is 0.385. The van der Waals surface area contributed by atoms with Crippen LogP contribution in [0.1, 0.15) is 19.4 Å². The molecule has 0 aliphatic rings. The molecule has 0 spiro atoms. The number of hydrogen-bond acceptors (Lipinski definition) is 2. The Labute approximate surface area is 95.1 Å². The van der Waals surface area contributed by atoms with E-state index in [1.54, 1.807) is 0 Å². The average molecular weight is 219 g/mol. The zero-order chi connectivity index (χ0) is 10.7. The highest BCUT2D eigenvalue weighted by Gasteiger charge is 2.01. The van der Waals surface area contributed by atoms with Crippen molar-refractivity contribution in [2.75, 3.05) is 6.54 Å². The molecule has 0 atom stereocenters. The van der Waals surface area contributed by atoms with Crippen LogP contribution in [0.15, 0.2) is 29.6 Å². The maximum absolute atomic E-state index is 3.49. The molecule has 15 heavy (non-hydrogen) atoms. The molecule has 0 radical (unpaired) electrons. The van der Waals surface area contributed by atoms with Crippen molar-refractivity contribution in [2.45, 2.75) is 20.4 Å². The highest BCUT2D eigenvalue weighted by atomic mass is 32.1. The first-order valence-electron chi connectivity index (χ1n) is 5.43. The molecule has 1 aromatic carbocycles. The van der Waals surface area contributed by atoms with E-state index in [9.17, 15) is 0 Å². The quantitative estimate of drug-likeness (QED) is 0.827. The van der Waals surface area contributed by atoms with Crippen molar-refractivity contribution < 1.29 is 0 Å². The van der Waals surface area contributed by atoms with Crippen LogP contribution in [0.4, 0.5) is 0 Å². The number of rotatable bonds is 4. The van der Waals surface area contributed by atoms with Gasteiger partial charge in [-0.3, -0.25) is 0 Å². The van der Waals surface area contributed by atoms with Crippen LogP contribution in [0.5, 0.6) is 0 Å². The second-order valence-corrected chi connectivity index (χ2v) is 5.20. The van der Waals surface area contributed by atoms with Gasteiger partial charge in [-0.05, 0) is 34.9 Å². The molecule has 0 bridgehead atoms. The van der Waals surface area contributed by atoms with Crippen molar-refractivity contribution in [3.8, 4) is 0 Å². The standard InChI is InChI=1S/C13H17NS/c1-10(2)8-14-9-12-5-3-4-11-6-7-15-13(11)12/h3-7,10,14H,8-9H2,1-2H3. The molecule has 0 aliphatic heterocycles. The molecule has 0 aliphatic carbocycles. The zero-order valence-electron chi connectivity index (χ0n) is 9.29. The van der Waals surface area contributed by atoms with Gasteiger partial charge in [0.2, 0.25) is 0 Å². The van der Waals surface area contributed by atoms with Crippen molar-refractivity contribution in [3.63, 3.8) is 0 Å². The monoisotopic (exact) mass is 219 g/mol. The molecule has 1 aromatic heterocycles. The van der Waals surface area contributed by atoms with Crippen LogP contribution in [-0.4, -0.2) is 6.54 Å². The molecule has 0 amide bonds. The largest absolute Gasteiger partial charge is 0.312 e. The molecule has 0 fully saturated rings. The molecule has 2 aromatic rings. The summed E-state index contributed by atoms with van der Waals surface area (Å²) in [6.07, 6.45) is 0. The third-order valence-corrected chi connectivity index (χ3v) is 3.43. The van der Waals surface area contributed by atoms with Gasteiger partial charge in [0.1, 0.15) is 0 Å². The smallest absolute Gasteiger partial charge is 0.0387 e. The highest BCUT2D eigenvalue weighted by molar-refractivity contribution is 7.17. The predicted octanol–water partition coefficient (Wildman–Crippen LogP) is 3.65. The van der Waals surface area contributed by atoms with Crippen molar-refractivity contribution in [1.82, 2.24) is 5.32 Å². The molecule has 2 heteroatoms. The topological polar surface area (TPSA) is 12.0 Å². The Morgan fingerprint density at radius 2 is 2.13 bits per heavy atom. The minimum atomic E-state index is 0.715. The van der Waals surface area contributed by atoms with Gasteiger partial charge in [0.25, 0.3) is 0 Å². The molecule has 0 saturated heterocycles. The van der Waals surface area contributed by atoms with Crippen molar-refractivity contribution >= 4 is 21.4 Å². The number of fused-ring (bicyclic) bond motifs is 1. The highest BCUT2D eigenvalue weighted by Crippen LogP contribution is 2.24. The Bertz CT molecular complexity index is 431. The van der Waals surface area contributed by atoms with E-state index in [0.717, 1.165) is 13.1 Å².